The zero-order valence-electron chi connectivity index (χ0n) is 9.45. The maximum Gasteiger partial charge on any atom is 0.0233 e. The monoisotopic (exact) mass is 201 g/mol. The van der Waals surface area contributed by atoms with E-state index in [2.05, 4.69) is 48.2 Å². The fourth-order valence-corrected chi connectivity index (χ4v) is 2.13. The summed E-state index contributed by atoms with van der Waals surface area (Å²) < 4.78 is 0. The lowest BCUT2D eigenvalue weighted by atomic mass is 10.0. The molecule has 0 atom stereocenters. The van der Waals surface area contributed by atoms with Gasteiger partial charge in [0.1, 0.15) is 0 Å². The summed E-state index contributed by atoms with van der Waals surface area (Å²) >= 11 is 0. The highest BCUT2D eigenvalue weighted by Crippen LogP contribution is 2.17. The van der Waals surface area contributed by atoms with Gasteiger partial charge in [-0.3, -0.25) is 4.90 Å². The summed E-state index contributed by atoms with van der Waals surface area (Å²) in [5.41, 5.74) is 3.06. The van der Waals surface area contributed by atoms with Crippen LogP contribution in [0.5, 0.6) is 0 Å². The number of rotatable bonds is 2. The minimum absolute atomic E-state index is 1.11. The van der Waals surface area contributed by atoms with E-state index in [1.807, 2.05) is 0 Å². The van der Waals surface area contributed by atoms with Crippen LogP contribution in [0.25, 0.3) is 0 Å². The molecule has 0 saturated carbocycles. The Morgan fingerprint density at radius 2 is 1.80 bits per heavy atom. The van der Waals surface area contributed by atoms with Gasteiger partial charge in [0.15, 0.2) is 0 Å². The van der Waals surface area contributed by atoms with Crippen LogP contribution in [-0.4, -0.2) is 18.0 Å². The number of hydrogen-bond donors (Lipinski definition) is 0. The van der Waals surface area contributed by atoms with Crippen molar-refractivity contribution in [3.8, 4) is 0 Å². The lowest BCUT2D eigenvalue weighted by Crippen LogP contribution is -2.30. The molecule has 1 aliphatic rings. The van der Waals surface area contributed by atoms with Crippen molar-refractivity contribution in [1.29, 1.82) is 0 Å². The van der Waals surface area contributed by atoms with Crippen LogP contribution >= 0.6 is 0 Å². The third-order valence-corrected chi connectivity index (χ3v) is 3.16. The molecule has 0 spiro atoms. The van der Waals surface area contributed by atoms with Gasteiger partial charge in [-0.2, -0.15) is 0 Å². The van der Waals surface area contributed by atoms with Crippen molar-refractivity contribution in [2.24, 2.45) is 0 Å². The molecular weight excluding hydrogens is 182 g/mol. The van der Waals surface area contributed by atoms with E-state index in [-0.39, 0.29) is 0 Å². The number of piperidine rings is 1. The Hall–Kier alpha value is -1.08. The Labute approximate surface area is 92.4 Å². The smallest absolute Gasteiger partial charge is 0.0233 e. The Balaban J connectivity index is 1.87. The minimum Gasteiger partial charge on any atom is -0.298 e. The van der Waals surface area contributed by atoms with E-state index in [0.717, 1.165) is 6.54 Å². The number of likely N-dealkylation sites (tertiary alicyclic amines) is 1. The molecule has 0 N–H and O–H groups in total. The Morgan fingerprint density at radius 3 is 2.40 bits per heavy atom. The highest BCUT2D eigenvalue weighted by molar-refractivity contribution is 5.15. The van der Waals surface area contributed by atoms with E-state index in [1.165, 1.54) is 31.5 Å². The minimum atomic E-state index is 1.11. The molecule has 1 aromatic rings. The predicted molar refractivity (Wildman–Crippen MR) is 64.7 cm³/mol. The largest absolute Gasteiger partial charge is 0.298 e. The summed E-state index contributed by atoms with van der Waals surface area (Å²) in [5.74, 6) is 0. The lowest BCUT2D eigenvalue weighted by molar-refractivity contribution is 0.248. The van der Waals surface area contributed by atoms with Crippen LogP contribution in [0.1, 0.15) is 25.3 Å². The fourth-order valence-electron chi connectivity index (χ4n) is 2.13. The number of benzene rings is 1. The summed E-state index contributed by atoms with van der Waals surface area (Å²) in [6.07, 6.45) is 4.78. The van der Waals surface area contributed by atoms with Gasteiger partial charge in [0.2, 0.25) is 0 Å². The van der Waals surface area contributed by atoms with Crippen LogP contribution in [-0.2, 0) is 6.54 Å². The van der Waals surface area contributed by atoms with E-state index < -0.39 is 0 Å². The quantitative estimate of drug-likeness (QED) is 0.664. The number of nitrogens with zero attached hydrogens (tertiary/aromatic N) is 1. The first-order chi connectivity index (χ1) is 7.38. The van der Waals surface area contributed by atoms with Crippen molar-refractivity contribution in [1.82, 2.24) is 4.90 Å². The lowest BCUT2D eigenvalue weighted by Gasteiger charge is -2.28. The van der Waals surface area contributed by atoms with Gasteiger partial charge in [-0.05, 0) is 25.3 Å². The van der Waals surface area contributed by atoms with Crippen molar-refractivity contribution in [2.45, 2.75) is 26.3 Å². The molecule has 0 aromatic heterocycles. The van der Waals surface area contributed by atoms with Gasteiger partial charge < -0.3 is 0 Å². The molecule has 1 aromatic carbocycles. The number of hydrogen-bond acceptors (Lipinski definition) is 1. The van der Waals surface area contributed by atoms with Crippen LogP contribution in [0.15, 0.2) is 42.0 Å². The molecule has 1 aliphatic heterocycles. The van der Waals surface area contributed by atoms with Crippen LogP contribution in [0, 0.1) is 0 Å². The molecule has 0 unspecified atom stereocenters. The average molecular weight is 201 g/mol. The van der Waals surface area contributed by atoms with Crippen LogP contribution < -0.4 is 0 Å². The molecule has 1 saturated heterocycles. The van der Waals surface area contributed by atoms with Gasteiger partial charge in [0.25, 0.3) is 0 Å². The molecule has 1 fully saturated rings. The summed E-state index contributed by atoms with van der Waals surface area (Å²) in [5, 5.41) is 0. The molecule has 80 valence electrons. The predicted octanol–water partition coefficient (Wildman–Crippen LogP) is 3.23. The molecule has 1 heterocycles. The first kappa shape index (κ1) is 10.4. The molecule has 0 bridgehead atoms. The van der Waals surface area contributed by atoms with Crippen LogP contribution in [0.4, 0.5) is 0 Å². The second-order valence-electron chi connectivity index (χ2n) is 4.21. The standard InChI is InChI=1S/C14H19N/c1-2-13-8-10-15(11-9-13)12-14-6-4-3-5-7-14/h2-7H,8-12H2,1H3. The van der Waals surface area contributed by atoms with E-state index in [4.69, 9.17) is 0 Å². The maximum absolute atomic E-state index is 2.54. The summed E-state index contributed by atoms with van der Waals surface area (Å²) in [7, 11) is 0. The van der Waals surface area contributed by atoms with Crippen molar-refractivity contribution < 1.29 is 0 Å². The second-order valence-corrected chi connectivity index (χ2v) is 4.21. The van der Waals surface area contributed by atoms with Crippen molar-refractivity contribution in [3.63, 3.8) is 0 Å². The van der Waals surface area contributed by atoms with Gasteiger partial charge in [0, 0.05) is 19.6 Å². The summed E-state index contributed by atoms with van der Waals surface area (Å²) in [4.78, 5) is 2.54. The van der Waals surface area contributed by atoms with Gasteiger partial charge in [-0.1, -0.05) is 42.0 Å². The SMILES string of the molecule is CC=C1CCN(Cc2ccccc2)CC1. The van der Waals surface area contributed by atoms with Gasteiger partial charge in [0.05, 0.1) is 0 Å². The normalized spacial score (nSPS) is 17.8. The van der Waals surface area contributed by atoms with E-state index in [1.54, 1.807) is 5.57 Å². The maximum atomic E-state index is 2.54. The van der Waals surface area contributed by atoms with Gasteiger partial charge >= 0.3 is 0 Å². The first-order valence-corrected chi connectivity index (χ1v) is 5.79. The molecule has 1 heteroatoms. The third-order valence-electron chi connectivity index (χ3n) is 3.16. The Kier molecular flexibility index (Phi) is 3.57. The molecule has 15 heavy (non-hydrogen) atoms. The molecule has 2 rings (SSSR count). The molecule has 0 aliphatic carbocycles. The summed E-state index contributed by atoms with van der Waals surface area (Å²) in [6, 6.07) is 10.8. The Morgan fingerprint density at radius 1 is 1.13 bits per heavy atom. The zero-order valence-corrected chi connectivity index (χ0v) is 9.45. The van der Waals surface area contributed by atoms with Crippen molar-refractivity contribution in [3.05, 3.63) is 47.5 Å². The van der Waals surface area contributed by atoms with E-state index in [9.17, 15) is 0 Å². The van der Waals surface area contributed by atoms with E-state index >= 15 is 0 Å². The zero-order chi connectivity index (χ0) is 10.5. The molecule has 0 radical (unpaired) electrons. The van der Waals surface area contributed by atoms with Crippen LogP contribution in [0.2, 0.25) is 0 Å². The average Bonchev–Trinajstić information content (AvgIpc) is 2.31. The first-order valence-electron chi connectivity index (χ1n) is 5.79. The fraction of sp³-hybridized carbons (Fsp3) is 0.429. The van der Waals surface area contributed by atoms with E-state index in [0.29, 0.717) is 0 Å². The highest BCUT2D eigenvalue weighted by atomic mass is 15.1. The van der Waals surface area contributed by atoms with Gasteiger partial charge in [-0.25, -0.2) is 0 Å². The topological polar surface area (TPSA) is 3.24 Å². The third kappa shape index (κ3) is 2.93. The highest BCUT2D eigenvalue weighted by Gasteiger charge is 2.12. The molecule has 1 nitrogen and oxygen atoms in total. The molecule has 0 amide bonds. The van der Waals surface area contributed by atoms with Crippen molar-refractivity contribution >= 4 is 0 Å². The molecular formula is C14H19N. The Bertz CT molecular complexity index is 316. The summed E-state index contributed by atoms with van der Waals surface area (Å²) in [6.45, 7) is 5.70. The van der Waals surface area contributed by atoms with Crippen molar-refractivity contribution in [2.75, 3.05) is 13.1 Å². The van der Waals surface area contributed by atoms with Crippen LogP contribution in [0.3, 0.4) is 0 Å². The number of allylic oxidation sites excluding steroid dienone is 1. The van der Waals surface area contributed by atoms with Gasteiger partial charge in [-0.15, -0.1) is 0 Å². The second kappa shape index (κ2) is 5.13.